The van der Waals surface area contributed by atoms with Crippen LogP contribution >= 0.6 is 0 Å². The third-order valence-corrected chi connectivity index (χ3v) is 7.31. The van der Waals surface area contributed by atoms with Crippen LogP contribution in [0.5, 0.6) is 5.75 Å². The van der Waals surface area contributed by atoms with Crippen molar-refractivity contribution in [3.05, 3.63) is 71.4 Å². The lowest BCUT2D eigenvalue weighted by Gasteiger charge is -2.27. The fourth-order valence-corrected chi connectivity index (χ4v) is 5.55. The molecule has 1 aromatic heterocycles. The highest BCUT2D eigenvalue weighted by Gasteiger charge is 2.36. The van der Waals surface area contributed by atoms with Gasteiger partial charge < -0.3 is 14.2 Å². The number of aromatic nitrogens is 1. The standard InChI is InChI=1S/C24H26N2O5S/c1-3-30-21-10-6-18(7-11-21)15-26(20-12-13-32(28,29)16-20)24(27)22-14-23(31-25-22)19-8-4-17(2)5-9-19/h4-11,14,20H,3,12-13,15-16H2,1-2H3/t20-/m0/s1. The first-order chi connectivity index (χ1) is 15.3. The molecule has 0 saturated carbocycles. The third-order valence-electron chi connectivity index (χ3n) is 5.56. The molecule has 8 heteroatoms. The Morgan fingerprint density at radius 2 is 1.88 bits per heavy atom. The summed E-state index contributed by atoms with van der Waals surface area (Å²) < 4.78 is 35.1. The molecule has 3 aromatic rings. The molecule has 1 aliphatic heterocycles. The zero-order valence-electron chi connectivity index (χ0n) is 18.2. The summed E-state index contributed by atoms with van der Waals surface area (Å²) in [5.41, 5.74) is 2.99. The van der Waals surface area contributed by atoms with Gasteiger partial charge in [0, 0.05) is 24.2 Å². The zero-order valence-corrected chi connectivity index (χ0v) is 19.0. The molecule has 1 saturated heterocycles. The summed E-state index contributed by atoms with van der Waals surface area (Å²) >= 11 is 0. The molecule has 1 aliphatic rings. The van der Waals surface area contributed by atoms with Crippen LogP contribution in [-0.4, -0.2) is 48.5 Å². The van der Waals surface area contributed by atoms with Crippen molar-refractivity contribution in [2.45, 2.75) is 32.9 Å². The van der Waals surface area contributed by atoms with E-state index in [1.165, 1.54) is 0 Å². The van der Waals surface area contributed by atoms with Crippen molar-refractivity contribution in [2.24, 2.45) is 0 Å². The Hall–Kier alpha value is -3.13. The smallest absolute Gasteiger partial charge is 0.276 e. The number of rotatable bonds is 7. The molecule has 7 nitrogen and oxygen atoms in total. The van der Waals surface area contributed by atoms with E-state index in [9.17, 15) is 13.2 Å². The van der Waals surface area contributed by atoms with Crippen LogP contribution < -0.4 is 4.74 Å². The van der Waals surface area contributed by atoms with Crippen LogP contribution in [0.3, 0.4) is 0 Å². The van der Waals surface area contributed by atoms with Crippen LogP contribution in [0.15, 0.2) is 59.1 Å². The Morgan fingerprint density at radius 3 is 2.50 bits per heavy atom. The summed E-state index contributed by atoms with van der Waals surface area (Å²) in [6.07, 6.45) is 0.410. The van der Waals surface area contributed by atoms with Crippen molar-refractivity contribution < 1.29 is 22.5 Å². The number of nitrogens with zero attached hydrogens (tertiary/aromatic N) is 2. The Labute approximate surface area is 187 Å². The first-order valence-corrected chi connectivity index (χ1v) is 12.4. The molecule has 1 fully saturated rings. The predicted molar refractivity (Wildman–Crippen MR) is 121 cm³/mol. The lowest BCUT2D eigenvalue weighted by molar-refractivity contribution is 0.0670. The minimum absolute atomic E-state index is 0.0432. The zero-order chi connectivity index (χ0) is 22.7. The van der Waals surface area contributed by atoms with E-state index in [-0.39, 0.29) is 29.7 Å². The predicted octanol–water partition coefficient (Wildman–Crippen LogP) is 3.88. The molecule has 2 heterocycles. The molecule has 0 N–H and O–H groups in total. The number of benzene rings is 2. The van der Waals surface area contributed by atoms with Gasteiger partial charge in [0.25, 0.3) is 5.91 Å². The molecule has 0 unspecified atom stereocenters. The molecule has 1 amide bonds. The fourth-order valence-electron chi connectivity index (χ4n) is 3.82. The van der Waals surface area contributed by atoms with Crippen LogP contribution in [0.1, 0.15) is 35.0 Å². The Kier molecular flexibility index (Phi) is 6.32. The van der Waals surface area contributed by atoms with Crippen LogP contribution in [0, 0.1) is 6.92 Å². The minimum atomic E-state index is -3.16. The van der Waals surface area contributed by atoms with Gasteiger partial charge in [-0.05, 0) is 38.0 Å². The highest BCUT2D eigenvalue weighted by molar-refractivity contribution is 7.91. The van der Waals surface area contributed by atoms with Crippen LogP contribution in [0.4, 0.5) is 0 Å². The SMILES string of the molecule is CCOc1ccc(CN(C(=O)c2cc(-c3ccc(C)cc3)on2)[C@H]2CCS(=O)(=O)C2)cc1. The van der Waals surface area contributed by atoms with E-state index in [0.29, 0.717) is 18.8 Å². The lowest BCUT2D eigenvalue weighted by atomic mass is 10.1. The highest BCUT2D eigenvalue weighted by Crippen LogP contribution is 2.26. The molecule has 168 valence electrons. The first-order valence-electron chi connectivity index (χ1n) is 10.6. The summed E-state index contributed by atoms with van der Waals surface area (Å²) in [5, 5.41) is 3.99. The Morgan fingerprint density at radius 1 is 1.16 bits per heavy atom. The first kappa shape index (κ1) is 22.1. The summed E-state index contributed by atoms with van der Waals surface area (Å²) in [7, 11) is -3.16. The molecular weight excluding hydrogens is 428 g/mol. The van der Waals surface area contributed by atoms with Gasteiger partial charge in [0.1, 0.15) is 5.75 Å². The van der Waals surface area contributed by atoms with Crippen LogP contribution in [0.2, 0.25) is 0 Å². The number of carbonyl (C=O) groups is 1. The van der Waals surface area contributed by atoms with Gasteiger partial charge in [-0.1, -0.05) is 47.1 Å². The van der Waals surface area contributed by atoms with Crippen molar-refractivity contribution >= 4 is 15.7 Å². The molecular formula is C24H26N2O5S. The van der Waals surface area contributed by atoms with E-state index < -0.39 is 15.9 Å². The van der Waals surface area contributed by atoms with Gasteiger partial charge >= 0.3 is 0 Å². The second-order valence-electron chi connectivity index (χ2n) is 8.01. The minimum Gasteiger partial charge on any atom is -0.494 e. The van der Waals surface area contributed by atoms with Gasteiger partial charge in [0.15, 0.2) is 21.3 Å². The monoisotopic (exact) mass is 454 g/mol. The van der Waals surface area contributed by atoms with Crippen molar-refractivity contribution in [1.29, 1.82) is 0 Å². The topological polar surface area (TPSA) is 89.7 Å². The highest BCUT2D eigenvalue weighted by atomic mass is 32.2. The number of aryl methyl sites for hydroxylation is 1. The maximum absolute atomic E-state index is 13.4. The number of sulfone groups is 1. The molecule has 32 heavy (non-hydrogen) atoms. The van der Waals surface area contributed by atoms with Gasteiger partial charge in [0.05, 0.1) is 18.1 Å². The number of hydrogen-bond donors (Lipinski definition) is 0. The molecule has 2 aromatic carbocycles. The summed E-state index contributed by atoms with van der Waals surface area (Å²) in [6, 6.07) is 16.4. The van der Waals surface area contributed by atoms with Gasteiger partial charge in [-0.2, -0.15) is 0 Å². The molecule has 0 radical (unpaired) electrons. The van der Waals surface area contributed by atoms with E-state index in [2.05, 4.69) is 5.16 Å². The summed E-state index contributed by atoms with van der Waals surface area (Å²) in [4.78, 5) is 15.0. The molecule has 4 rings (SSSR count). The number of amides is 1. The molecule has 0 spiro atoms. The second-order valence-corrected chi connectivity index (χ2v) is 10.2. The van der Waals surface area contributed by atoms with Gasteiger partial charge in [0.2, 0.25) is 0 Å². The maximum Gasteiger partial charge on any atom is 0.276 e. The molecule has 0 bridgehead atoms. The lowest BCUT2D eigenvalue weighted by Crippen LogP contribution is -2.40. The van der Waals surface area contributed by atoms with E-state index >= 15 is 0 Å². The number of hydrogen-bond acceptors (Lipinski definition) is 6. The molecule has 0 aliphatic carbocycles. The number of carbonyl (C=O) groups excluding carboxylic acids is 1. The van der Waals surface area contributed by atoms with E-state index in [1.807, 2.05) is 62.4 Å². The Bertz CT molecular complexity index is 1180. The summed E-state index contributed by atoms with van der Waals surface area (Å²) in [5.74, 6) is 0.935. The van der Waals surface area contributed by atoms with E-state index in [1.54, 1.807) is 11.0 Å². The second kappa shape index (κ2) is 9.16. The summed E-state index contributed by atoms with van der Waals surface area (Å²) in [6.45, 7) is 4.75. The number of ether oxygens (including phenoxy) is 1. The van der Waals surface area contributed by atoms with Gasteiger partial charge in [-0.3, -0.25) is 4.79 Å². The van der Waals surface area contributed by atoms with Crippen molar-refractivity contribution in [3.63, 3.8) is 0 Å². The van der Waals surface area contributed by atoms with Crippen LogP contribution in [0.25, 0.3) is 11.3 Å². The van der Waals surface area contributed by atoms with E-state index in [4.69, 9.17) is 9.26 Å². The quantitative estimate of drug-likeness (QED) is 0.538. The average molecular weight is 455 g/mol. The largest absolute Gasteiger partial charge is 0.494 e. The van der Waals surface area contributed by atoms with Crippen molar-refractivity contribution in [1.82, 2.24) is 10.1 Å². The average Bonchev–Trinajstić information content (AvgIpc) is 3.40. The molecule has 1 atom stereocenters. The van der Waals surface area contributed by atoms with Gasteiger partial charge in [-0.15, -0.1) is 0 Å². The fraction of sp³-hybridized carbons (Fsp3) is 0.333. The maximum atomic E-state index is 13.4. The third kappa shape index (κ3) is 5.02. The Balaban J connectivity index is 1.59. The van der Waals surface area contributed by atoms with Crippen molar-refractivity contribution in [2.75, 3.05) is 18.1 Å². The van der Waals surface area contributed by atoms with Crippen molar-refractivity contribution in [3.8, 4) is 17.1 Å². The van der Waals surface area contributed by atoms with Gasteiger partial charge in [-0.25, -0.2) is 8.42 Å². The van der Waals surface area contributed by atoms with E-state index in [0.717, 1.165) is 22.4 Å². The van der Waals surface area contributed by atoms with Crippen LogP contribution in [-0.2, 0) is 16.4 Å². The normalized spacial score (nSPS) is 17.2.